The quantitative estimate of drug-likeness (QED) is 0.796. The van der Waals surface area contributed by atoms with Gasteiger partial charge < -0.3 is 14.5 Å². The lowest BCUT2D eigenvalue weighted by molar-refractivity contribution is -0.132. The van der Waals surface area contributed by atoms with E-state index in [1.165, 1.54) is 0 Å². The van der Waals surface area contributed by atoms with Crippen molar-refractivity contribution in [3.05, 3.63) is 47.8 Å². The van der Waals surface area contributed by atoms with Gasteiger partial charge in [0.2, 0.25) is 5.91 Å². The Hall–Kier alpha value is -2.63. The summed E-state index contributed by atoms with van der Waals surface area (Å²) in [7, 11) is 0. The van der Waals surface area contributed by atoms with Crippen LogP contribution >= 0.6 is 0 Å². The molecular weight excluding hydrogens is 314 g/mol. The fourth-order valence-corrected chi connectivity index (χ4v) is 3.74. The number of rotatable bonds is 4. The summed E-state index contributed by atoms with van der Waals surface area (Å²) < 4.78 is 1.94. The number of nitrogens with one attached hydrogen (secondary N) is 1. The summed E-state index contributed by atoms with van der Waals surface area (Å²) in [5, 5.41) is 0. The Balaban J connectivity index is 1.59. The van der Waals surface area contributed by atoms with Crippen molar-refractivity contribution in [2.75, 3.05) is 6.54 Å². The highest BCUT2D eigenvalue weighted by Gasteiger charge is 2.32. The van der Waals surface area contributed by atoms with Gasteiger partial charge in [0.1, 0.15) is 18.2 Å². The number of imidazole rings is 2. The highest BCUT2D eigenvalue weighted by atomic mass is 16.2. The number of hydrogen-bond acceptors (Lipinski definition) is 3. The maximum absolute atomic E-state index is 12.9. The lowest BCUT2D eigenvalue weighted by Crippen LogP contribution is -2.34. The third-order valence-corrected chi connectivity index (χ3v) is 5.05. The van der Waals surface area contributed by atoms with Crippen LogP contribution in [0.15, 0.2) is 30.6 Å². The predicted octanol–water partition coefficient (Wildman–Crippen LogP) is 2.99. The second-order valence-corrected chi connectivity index (χ2v) is 6.66. The SMILES string of the molecule is CCc1nccn1CC(=O)N1CCC[C@H]1c1nc2c(C)cccc2[nH]1. The summed E-state index contributed by atoms with van der Waals surface area (Å²) in [5.74, 6) is 1.98. The molecule has 6 nitrogen and oxygen atoms in total. The molecular formula is C19H23N5O. The van der Waals surface area contributed by atoms with Gasteiger partial charge in [-0.1, -0.05) is 19.1 Å². The molecule has 0 spiro atoms. The third kappa shape index (κ3) is 2.81. The van der Waals surface area contributed by atoms with Gasteiger partial charge in [-0.05, 0) is 31.4 Å². The molecule has 1 aliphatic rings. The van der Waals surface area contributed by atoms with Crippen LogP contribution in [-0.2, 0) is 17.8 Å². The van der Waals surface area contributed by atoms with Crippen LogP contribution in [-0.4, -0.2) is 36.9 Å². The summed E-state index contributed by atoms with van der Waals surface area (Å²) in [4.78, 5) is 27.4. The van der Waals surface area contributed by atoms with Crippen molar-refractivity contribution in [1.29, 1.82) is 0 Å². The van der Waals surface area contributed by atoms with E-state index >= 15 is 0 Å². The van der Waals surface area contributed by atoms with Crippen LogP contribution in [0.3, 0.4) is 0 Å². The zero-order chi connectivity index (χ0) is 17.4. The van der Waals surface area contributed by atoms with Crippen molar-refractivity contribution in [3.63, 3.8) is 0 Å². The highest BCUT2D eigenvalue weighted by Crippen LogP contribution is 2.32. The van der Waals surface area contributed by atoms with E-state index in [1.807, 2.05) is 27.8 Å². The van der Waals surface area contributed by atoms with Gasteiger partial charge in [-0.25, -0.2) is 9.97 Å². The van der Waals surface area contributed by atoms with E-state index in [4.69, 9.17) is 4.98 Å². The monoisotopic (exact) mass is 337 g/mol. The molecule has 1 amide bonds. The molecule has 1 aliphatic heterocycles. The van der Waals surface area contributed by atoms with Gasteiger partial charge in [0.05, 0.1) is 17.1 Å². The van der Waals surface area contributed by atoms with Crippen molar-refractivity contribution in [3.8, 4) is 0 Å². The molecule has 0 aliphatic carbocycles. The number of amides is 1. The molecule has 1 saturated heterocycles. The van der Waals surface area contributed by atoms with Crippen LogP contribution in [0, 0.1) is 6.92 Å². The topological polar surface area (TPSA) is 66.8 Å². The van der Waals surface area contributed by atoms with Crippen molar-refractivity contribution in [1.82, 2.24) is 24.4 Å². The van der Waals surface area contributed by atoms with E-state index in [1.54, 1.807) is 6.20 Å². The normalized spacial score (nSPS) is 17.5. The number of carbonyl (C=O) groups excluding carboxylic acids is 1. The Morgan fingerprint density at radius 3 is 3.08 bits per heavy atom. The fourth-order valence-electron chi connectivity index (χ4n) is 3.74. The molecule has 130 valence electrons. The van der Waals surface area contributed by atoms with Gasteiger partial charge in [-0.3, -0.25) is 4.79 Å². The minimum atomic E-state index is 0.0351. The van der Waals surface area contributed by atoms with E-state index in [0.29, 0.717) is 6.54 Å². The van der Waals surface area contributed by atoms with Gasteiger partial charge in [0, 0.05) is 25.4 Å². The lowest BCUT2D eigenvalue weighted by Gasteiger charge is -2.23. The van der Waals surface area contributed by atoms with Crippen LogP contribution in [0.25, 0.3) is 11.0 Å². The molecule has 0 radical (unpaired) electrons. The number of nitrogens with zero attached hydrogens (tertiary/aromatic N) is 4. The number of likely N-dealkylation sites (tertiary alicyclic amines) is 1. The molecule has 25 heavy (non-hydrogen) atoms. The zero-order valence-corrected chi connectivity index (χ0v) is 14.7. The maximum atomic E-state index is 12.9. The van der Waals surface area contributed by atoms with Crippen molar-refractivity contribution < 1.29 is 4.79 Å². The van der Waals surface area contributed by atoms with Crippen LogP contribution in [0.2, 0.25) is 0 Å². The third-order valence-electron chi connectivity index (χ3n) is 5.05. The molecule has 1 fully saturated rings. The standard InChI is InChI=1S/C19H23N5O/c1-3-16-20-9-11-23(16)12-17(25)24-10-5-8-15(24)19-21-14-7-4-6-13(2)18(14)22-19/h4,6-7,9,11,15H,3,5,8,10,12H2,1-2H3,(H,21,22)/t15-/m0/s1. The highest BCUT2D eigenvalue weighted by molar-refractivity contribution is 5.79. The first kappa shape index (κ1) is 15.9. The van der Waals surface area contributed by atoms with E-state index < -0.39 is 0 Å². The average molecular weight is 337 g/mol. The van der Waals surface area contributed by atoms with E-state index in [2.05, 4.69) is 29.9 Å². The number of benzene rings is 1. The van der Waals surface area contributed by atoms with Crippen molar-refractivity contribution in [2.24, 2.45) is 0 Å². The number of fused-ring (bicyclic) bond motifs is 1. The Morgan fingerprint density at radius 2 is 2.28 bits per heavy atom. The molecule has 0 unspecified atom stereocenters. The van der Waals surface area contributed by atoms with Crippen molar-refractivity contribution >= 4 is 16.9 Å². The summed E-state index contributed by atoms with van der Waals surface area (Å²) in [6.45, 7) is 5.25. The fraction of sp³-hybridized carbons (Fsp3) is 0.421. The number of aromatic nitrogens is 4. The summed E-state index contributed by atoms with van der Waals surface area (Å²) >= 11 is 0. The number of hydrogen-bond donors (Lipinski definition) is 1. The first-order chi connectivity index (χ1) is 12.2. The summed E-state index contributed by atoms with van der Waals surface area (Å²) in [6.07, 6.45) is 6.43. The van der Waals surface area contributed by atoms with Gasteiger partial charge in [0.15, 0.2) is 0 Å². The van der Waals surface area contributed by atoms with Gasteiger partial charge in [-0.2, -0.15) is 0 Å². The van der Waals surface area contributed by atoms with E-state index in [9.17, 15) is 4.79 Å². The molecule has 2 aromatic heterocycles. The molecule has 4 rings (SSSR count). The number of aromatic amines is 1. The van der Waals surface area contributed by atoms with Gasteiger partial charge >= 0.3 is 0 Å². The summed E-state index contributed by atoms with van der Waals surface area (Å²) in [6, 6.07) is 6.17. The largest absolute Gasteiger partial charge is 0.340 e. The Morgan fingerprint density at radius 1 is 1.40 bits per heavy atom. The average Bonchev–Trinajstić information content (AvgIpc) is 3.33. The van der Waals surface area contributed by atoms with Gasteiger partial charge in [-0.15, -0.1) is 0 Å². The van der Waals surface area contributed by atoms with E-state index in [0.717, 1.165) is 54.1 Å². The minimum Gasteiger partial charge on any atom is -0.340 e. The molecule has 6 heteroatoms. The second kappa shape index (κ2) is 6.35. The first-order valence-corrected chi connectivity index (χ1v) is 8.92. The Kier molecular flexibility index (Phi) is 4.03. The number of para-hydroxylation sites is 1. The van der Waals surface area contributed by atoms with Crippen molar-refractivity contribution in [2.45, 2.75) is 45.7 Å². The molecule has 0 bridgehead atoms. The second-order valence-electron chi connectivity index (χ2n) is 6.66. The minimum absolute atomic E-state index is 0.0351. The molecule has 0 saturated carbocycles. The lowest BCUT2D eigenvalue weighted by atomic mass is 10.2. The first-order valence-electron chi connectivity index (χ1n) is 8.92. The van der Waals surface area contributed by atoms with Crippen LogP contribution < -0.4 is 0 Å². The molecule has 1 N–H and O–H groups in total. The van der Waals surface area contributed by atoms with Crippen LogP contribution in [0.1, 0.15) is 43.0 Å². The number of carbonyl (C=O) groups is 1. The molecule has 1 atom stereocenters. The molecule has 3 heterocycles. The number of H-pyrrole nitrogens is 1. The van der Waals surface area contributed by atoms with Crippen LogP contribution in [0.4, 0.5) is 0 Å². The summed E-state index contributed by atoms with van der Waals surface area (Å²) in [5.41, 5.74) is 3.19. The number of aryl methyl sites for hydroxylation is 2. The molecule has 3 aromatic rings. The molecule has 1 aromatic carbocycles. The predicted molar refractivity (Wildman–Crippen MR) is 96.1 cm³/mol. The smallest absolute Gasteiger partial charge is 0.243 e. The van der Waals surface area contributed by atoms with Gasteiger partial charge in [0.25, 0.3) is 0 Å². The Bertz CT molecular complexity index is 910. The maximum Gasteiger partial charge on any atom is 0.243 e. The zero-order valence-electron chi connectivity index (χ0n) is 14.7. The van der Waals surface area contributed by atoms with E-state index in [-0.39, 0.29) is 11.9 Å². The van der Waals surface area contributed by atoms with Crippen LogP contribution in [0.5, 0.6) is 0 Å². The Labute approximate surface area is 146 Å².